The maximum absolute atomic E-state index is 13.6. The van der Waals surface area contributed by atoms with Gasteiger partial charge in [0.25, 0.3) is 5.91 Å². The van der Waals surface area contributed by atoms with Gasteiger partial charge in [-0.2, -0.15) is 0 Å². The molecule has 6 heteroatoms. The molecule has 1 aliphatic heterocycles. The first-order valence-electron chi connectivity index (χ1n) is 13.6. The number of nitrogens with one attached hydrogen (secondary N) is 1. The van der Waals surface area contributed by atoms with Gasteiger partial charge in [0.2, 0.25) is 5.91 Å². The summed E-state index contributed by atoms with van der Waals surface area (Å²) in [6.45, 7) is 12.9. The molecule has 0 aliphatic carbocycles. The first kappa shape index (κ1) is 27.4. The fraction of sp³-hybridized carbons (Fsp3) is 0.375. The van der Waals surface area contributed by atoms with Crippen LogP contribution in [0.3, 0.4) is 0 Å². The molecule has 0 atom stereocenters. The summed E-state index contributed by atoms with van der Waals surface area (Å²) in [4.78, 5) is 30.6. The summed E-state index contributed by atoms with van der Waals surface area (Å²) in [6.07, 6.45) is 1.18. The molecular weight excluding hydrogens is 474 g/mol. The van der Waals surface area contributed by atoms with Gasteiger partial charge in [-0.3, -0.25) is 14.5 Å². The van der Waals surface area contributed by atoms with Crippen molar-refractivity contribution >= 4 is 28.9 Å². The Labute approximate surface area is 226 Å². The highest BCUT2D eigenvalue weighted by Crippen LogP contribution is 2.38. The largest absolute Gasteiger partial charge is 0.494 e. The van der Waals surface area contributed by atoms with Gasteiger partial charge in [-0.25, -0.2) is 0 Å². The van der Waals surface area contributed by atoms with Crippen molar-refractivity contribution in [2.24, 2.45) is 11.8 Å². The first-order chi connectivity index (χ1) is 18.3. The van der Waals surface area contributed by atoms with E-state index in [0.717, 1.165) is 37.4 Å². The molecule has 0 bridgehead atoms. The van der Waals surface area contributed by atoms with Gasteiger partial charge in [0.15, 0.2) is 0 Å². The molecule has 1 aliphatic rings. The molecule has 3 aromatic carbocycles. The topological polar surface area (TPSA) is 61.9 Å². The molecule has 0 radical (unpaired) electrons. The van der Waals surface area contributed by atoms with Gasteiger partial charge in [0.05, 0.1) is 35.7 Å². The number of fused-ring (bicyclic) bond motifs is 2. The average Bonchev–Trinajstić information content (AvgIpc) is 3.00. The van der Waals surface area contributed by atoms with Crippen LogP contribution in [-0.2, 0) is 11.2 Å². The number of hydrogen-bond acceptors (Lipinski definition) is 4. The molecule has 0 saturated carbocycles. The Hall–Kier alpha value is -3.64. The number of para-hydroxylation sites is 3. The van der Waals surface area contributed by atoms with Gasteiger partial charge >= 0.3 is 0 Å². The molecule has 2 amide bonds. The third-order valence-electron chi connectivity index (χ3n) is 6.44. The number of nitrogens with zero attached hydrogens (tertiary/aromatic N) is 2. The summed E-state index contributed by atoms with van der Waals surface area (Å²) in [7, 11) is 0. The number of anilines is 3. The smallest absolute Gasteiger partial charge is 0.257 e. The Morgan fingerprint density at radius 2 is 1.50 bits per heavy atom. The Morgan fingerprint density at radius 1 is 0.868 bits per heavy atom. The van der Waals surface area contributed by atoms with Gasteiger partial charge in [-0.1, -0.05) is 64.1 Å². The van der Waals surface area contributed by atoms with Crippen molar-refractivity contribution < 1.29 is 14.3 Å². The minimum Gasteiger partial charge on any atom is -0.494 e. The third-order valence-corrected chi connectivity index (χ3v) is 6.44. The van der Waals surface area contributed by atoms with E-state index in [1.165, 1.54) is 0 Å². The second-order valence-corrected chi connectivity index (χ2v) is 10.8. The van der Waals surface area contributed by atoms with Crippen LogP contribution >= 0.6 is 0 Å². The molecule has 0 aromatic heterocycles. The molecule has 0 saturated heterocycles. The molecule has 1 heterocycles. The predicted octanol–water partition coefficient (Wildman–Crippen LogP) is 6.54. The fourth-order valence-electron chi connectivity index (χ4n) is 4.95. The lowest BCUT2D eigenvalue weighted by Gasteiger charge is -2.26. The van der Waals surface area contributed by atoms with Crippen LogP contribution < -0.4 is 15.0 Å². The summed E-state index contributed by atoms with van der Waals surface area (Å²) in [5.74, 6) is 1.78. The van der Waals surface area contributed by atoms with E-state index in [1.807, 2.05) is 66.7 Å². The number of rotatable bonds is 11. The van der Waals surface area contributed by atoms with E-state index in [2.05, 4.69) is 37.9 Å². The Kier molecular flexibility index (Phi) is 9.19. The summed E-state index contributed by atoms with van der Waals surface area (Å²) in [5, 5.41) is 2.93. The maximum atomic E-state index is 13.6. The van der Waals surface area contributed by atoms with Crippen LogP contribution in [0.2, 0.25) is 0 Å². The summed E-state index contributed by atoms with van der Waals surface area (Å²) >= 11 is 0. The molecule has 1 N–H and O–H groups in total. The average molecular weight is 514 g/mol. The highest BCUT2D eigenvalue weighted by molar-refractivity contribution is 6.17. The summed E-state index contributed by atoms with van der Waals surface area (Å²) < 4.78 is 6.00. The zero-order valence-electron chi connectivity index (χ0n) is 22.9. The Morgan fingerprint density at radius 3 is 2.18 bits per heavy atom. The van der Waals surface area contributed by atoms with Crippen LogP contribution in [0.5, 0.6) is 5.75 Å². The van der Waals surface area contributed by atoms with Crippen LogP contribution in [0, 0.1) is 11.8 Å². The molecule has 0 unspecified atom stereocenters. The van der Waals surface area contributed by atoms with Crippen molar-refractivity contribution in [3.8, 4) is 5.75 Å². The number of carbonyl (C=O) groups excluding carboxylic acids is 2. The molecule has 0 fully saturated rings. The molecule has 0 spiro atoms. The van der Waals surface area contributed by atoms with E-state index in [-0.39, 0.29) is 18.2 Å². The molecule has 6 nitrogen and oxygen atoms in total. The molecule has 4 rings (SSSR count). The Balaban J connectivity index is 1.39. The highest BCUT2D eigenvalue weighted by Gasteiger charge is 2.28. The normalized spacial score (nSPS) is 12.8. The lowest BCUT2D eigenvalue weighted by molar-refractivity contribution is -0.117. The van der Waals surface area contributed by atoms with Gasteiger partial charge in [-0.15, -0.1) is 0 Å². The Bertz CT molecular complexity index is 1230. The van der Waals surface area contributed by atoms with Gasteiger partial charge in [0.1, 0.15) is 5.75 Å². The van der Waals surface area contributed by atoms with E-state index < -0.39 is 0 Å². The van der Waals surface area contributed by atoms with E-state index in [4.69, 9.17) is 4.74 Å². The predicted molar refractivity (Wildman–Crippen MR) is 154 cm³/mol. The van der Waals surface area contributed by atoms with Crippen LogP contribution in [0.25, 0.3) is 0 Å². The molecule has 200 valence electrons. The van der Waals surface area contributed by atoms with Crippen molar-refractivity contribution in [3.63, 3.8) is 0 Å². The van der Waals surface area contributed by atoms with Crippen LogP contribution in [0.4, 0.5) is 17.1 Å². The minimum atomic E-state index is -0.221. The highest BCUT2D eigenvalue weighted by atomic mass is 16.5. The van der Waals surface area contributed by atoms with Crippen molar-refractivity contribution in [2.45, 2.75) is 40.5 Å². The third kappa shape index (κ3) is 7.01. The van der Waals surface area contributed by atoms with Crippen molar-refractivity contribution in [2.75, 3.05) is 36.5 Å². The standard InChI is InChI=1S/C32H39N3O3/c1-23(2)21-34(22-24(3)4)18-9-19-38-26-16-14-25(15-17-26)20-31(36)35-29-12-7-5-10-27(29)32(37)33-28-11-6-8-13-30(28)35/h5-8,10-17,23-24H,9,18-22H2,1-4H3,(H,33,37). The fourth-order valence-corrected chi connectivity index (χ4v) is 4.95. The lowest BCUT2D eigenvalue weighted by Crippen LogP contribution is -2.33. The van der Waals surface area contributed by atoms with Gasteiger partial charge < -0.3 is 15.0 Å². The zero-order valence-corrected chi connectivity index (χ0v) is 22.9. The number of amides is 2. The second-order valence-electron chi connectivity index (χ2n) is 10.8. The van der Waals surface area contributed by atoms with Gasteiger partial charge in [-0.05, 0) is 60.2 Å². The number of benzene rings is 3. The van der Waals surface area contributed by atoms with Crippen LogP contribution in [0.1, 0.15) is 50.0 Å². The van der Waals surface area contributed by atoms with Gasteiger partial charge in [0, 0.05) is 19.6 Å². The van der Waals surface area contributed by atoms with E-state index >= 15 is 0 Å². The zero-order chi connectivity index (χ0) is 27.1. The monoisotopic (exact) mass is 513 g/mol. The number of carbonyl (C=O) groups is 2. The lowest BCUT2D eigenvalue weighted by atomic mass is 10.1. The van der Waals surface area contributed by atoms with E-state index in [1.54, 1.807) is 11.0 Å². The number of ether oxygens (including phenoxy) is 1. The molecule has 3 aromatic rings. The van der Waals surface area contributed by atoms with Crippen LogP contribution in [-0.4, -0.2) is 43.0 Å². The first-order valence-corrected chi connectivity index (χ1v) is 13.6. The molecular formula is C32H39N3O3. The van der Waals surface area contributed by atoms with E-state index in [0.29, 0.717) is 41.1 Å². The SMILES string of the molecule is CC(C)CN(CCCOc1ccc(CC(=O)N2c3ccccc3NC(=O)c3ccccc32)cc1)CC(C)C. The quantitative estimate of drug-likeness (QED) is 0.296. The number of hydrogen-bond donors (Lipinski definition) is 1. The summed E-state index contributed by atoms with van der Waals surface area (Å²) in [5.41, 5.74) is 3.23. The second kappa shape index (κ2) is 12.7. The molecule has 38 heavy (non-hydrogen) atoms. The van der Waals surface area contributed by atoms with E-state index in [9.17, 15) is 9.59 Å². The van der Waals surface area contributed by atoms with Crippen molar-refractivity contribution in [1.29, 1.82) is 0 Å². The van der Waals surface area contributed by atoms with Crippen molar-refractivity contribution in [1.82, 2.24) is 4.90 Å². The van der Waals surface area contributed by atoms with Crippen molar-refractivity contribution in [3.05, 3.63) is 83.9 Å². The minimum absolute atomic E-state index is 0.106. The maximum Gasteiger partial charge on any atom is 0.257 e. The van der Waals surface area contributed by atoms with Crippen LogP contribution in [0.15, 0.2) is 72.8 Å². The summed E-state index contributed by atoms with van der Waals surface area (Å²) in [6, 6.07) is 22.3.